The normalized spacial score (nSPS) is 13.2. The molecule has 0 unspecified atom stereocenters. The predicted octanol–water partition coefficient (Wildman–Crippen LogP) is 4.70. The Labute approximate surface area is 170 Å². The van der Waals surface area contributed by atoms with Gasteiger partial charge in [0, 0.05) is 30.9 Å². The highest BCUT2D eigenvalue weighted by atomic mass is 16.2. The molecule has 0 aliphatic heterocycles. The third kappa shape index (κ3) is 4.40. The van der Waals surface area contributed by atoms with Crippen LogP contribution >= 0.6 is 0 Å². The summed E-state index contributed by atoms with van der Waals surface area (Å²) in [6.45, 7) is 2.41. The lowest BCUT2D eigenvalue weighted by atomic mass is 10.0. The maximum absolute atomic E-state index is 12.8. The van der Waals surface area contributed by atoms with E-state index in [0.29, 0.717) is 23.8 Å². The van der Waals surface area contributed by atoms with Crippen molar-refractivity contribution in [3.8, 4) is 0 Å². The van der Waals surface area contributed by atoms with E-state index in [0.717, 1.165) is 34.7 Å². The number of anilines is 1. The molecule has 5 heteroatoms. The average Bonchev–Trinajstić information content (AvgIpc) is 3.53. The zero-order valence-corrected chi connectivity index (χ0v) is 16.7. The van der Waals surface area contributed by atoms with E-state index in [2.05, 4.69) is 28.8 Å². The Morgan fingerprint density at radius 3 is 2.59 bits per heavy atom. The number of rotatable bonds is 5. The minimum atomic E-state index is -0.208. The molecule has 0 spiro atoms. The number of urea groups is 1. The van der Waals surface area contributed by atoms with Crippen LogP contribution < -0.4 is 10.6 Å². The van der Waals surface area contributed by atoms with E-state index in [1.807, 2.05) is 37.3 Å². The molecular weight excluding hydrogens is 362 g/mol. The first kappa shape index (κ1) is 19.0. The summed E-state index contributed by atoms with van der Waals surface area (Å²) in [6, 6.07) is 19.8. The molecule has 0 aromatic heterocycles. The number of hydrogen-bond donors (Lipinski definition) is 2. The molecule has 0 heterocycles. The molecule has 1 saturated carbocycles. The van der Waals surface area contributed by atoms with E-state index >= 15 is 0 Å². The number of aryl methyl sites for hydroxylation is 1. The smallest absolute Gasteiger partial charge is 0.321 e. The lowest BCUT2D eigenvalue weighted by Gasteiger charge is -2.20. The number of nitrogens with zero attached hydrogens (tertiary/aromatic N) is 1. The fraction of sp³-hybridized carbons (Fsp3) is 0.250. The van der Waals surface area contributed by atoms with Crippen LogP contribution in [0.5, 0.6) is 0 Å². The summed E-state index contributed by atoms with van der Waals surface area (Å²) in [4.78, 5) is 26.7. The molecule has 3 aromatic rings. The van der Waals surface area contributed by atoms with Crippen LogP contribution in [0.15, 0.2) is 60.7 Å². The second-order valence-corrected chi connectivity index (χ2v) is 7.70. The Kier molecular flexibility index (Phi) is 5.21. The average molecular weight is 387 g/mol. The van der Waals surface area contributed by atoms with Gasteiger partial charge in [-0.2, -0.15) is 0 Å². The number of fused-ring (bicyclic) bond motifs is 1. The lowest BCUT2D eigenvalue weighted by molar-refractivity contribution is 0.0951. The maximum Gasteiger partial charge on any atom is 0.321 e. The number of benzene rings is 3. The molecule has 1 aliphatic rings. The van der Waals surface area contributed by atoms with E-state index in [4.69, 9.17) is 0 Å². The number of carbonyl (C=O) groups is 2. The van der Waals surface area contributed by atoms with E-state index in [1.54, 1.807) is 24.1 Å². The van der Waals surface area contributed by atoms with Crippen LogP contribution in [0, 0.1) is 6.92 Å². The SMILES string of the molecule is Cc1ccc(C(=O)NC2CC2)cc1NC(=O)N(C)Cc1cccc2ccccc12. The fourth-order valence-corrected chi connectivity index (χ4v) is 3.36. The van der Waals surface area contributed by atoms with Gasteiger partial charge in [0.05, 0.1) is 0 Å². The van der Waals surface area contributed by atoms with Gasteiger partial charge in [0.1, 0.15) is 0 Å². The van der Waals surface area contributed by atoms with Crippen LogP contribution in [0.3, 0.4) is 0 Å². The van der Waals surface area contributed by atoms with Gasteiger partial charge >= 0.3 is 6.03 Å². The quantitative estimate of drug-likeness (QED) is 0.666. The predicted molar refractivity (Wildman–Crippen MR) is 116 cm³/mol. The van der Waals surface area contributed by atoms with Crippen LogP contribution in [-0.2, 0) is 6.54 Å². The third-order valence-corrected chi connectivity index (χ3v) is 5.29. The molecule has 0 radical (unpaired) electrons. The topological polar surface area (TPSA) is 61.4 Å². The van der Waals surface area contributed by atoms with Crippen LogP contribution in [-0.4, -0.2) is 29.9 Å². The molecule has 1 fully saturated rings. The van der Waals surface area contributed by atoms with Gasteiger partial charge in [-0.25, -0.2) is 4.79 Å². The summed E-state index contributed by atoms with van der Waals surface area (Å²) in [5.41, 5.74) is 3.23. The second kappa shape index (κ2) is 7.95. The summed E-state index contributed by atoms with van der Waals surface area (Å²) in [6.07, 6.45) is 2.08. The van der Waals surface area contributed by atoms with Crippen LogP contribution in [0.2, 0.25) is 0 Å². The molecular formula is C24H25N3O2. The van der Waals surface area contributed by atoms with E-state index < -0.39 is 0 Å². The largest absolute Gasteiger partial charge is 0.349 e. The van der Waals surface area contributed by atoms with Gasteiger partial charge in [-0.05, 0) is 53.8 Å². The molecule has 3 aromatic carbocycles. The first-order chi connectivity index (χ1) is 14.0. The zero-order chi connectivity index (χ0) is 20.4. The number of amides is 3. The van der Waals surface area contributed by atoms with E-state index in [-0.39, 0.29) is 11.9 Å². The Balaban J connectivity index is 1.47. The fourth-order valence-electron chi connectivity index (χ4n) is 3.36. The Morgan fingerprint density at radius 1 is 1.03 bits per heavy atom. The van der Waals surface area contributed by atoms with Crippen molar-refractivity contribution >= 4 is 28.4 Å². The van der Waals surface area contributed by atoms with Crippen molar-refractivity contribution in [1.29, 1.82) is 0 Å². The maximum atomic E-state index is 12.8. The summed E-state index contributed by atoms with van der Waals surface area (Å²) in [7, 11) is 1.77. The van der Waals surface area contributed by atoms with Crippen molar-refractivity contribution in [2.75, 3.05) is 12.4 Å². The van der Waals surface area contributed by atoms with Gasteiger partial charge in [0.2, 0.25) is 0 Å². The van der Waals surface area contributed by atoms with Crippen LogP contribution in [0.4, 0.5) is 10.5 Å². The van der Waals surface area contributed by atoms with Crippen molar-refractivity contribution in [3.63, 3.8) is 0 Å². The zero-order valence-electron chi connectivity index (χ0n) is 16.7. The minimum absolute atomic E-state index is 0.0906. The summed E-state index contributed by atoms with van der Waals surface area (Å²) in [5.74, 6) is -0.0906. The van der Waals surface area contributed by atoms with Crippen molar-refractivity contribution in [2.24, 2.45) is 0 Å². The van der Waals surface area contributed by atoms with Crippen LogP contribution in [0.25, 0.3) is 10.8 Å². The van der Waals surface area contributed by atoms with E-state index in [9.17, 15) is 9.59 Å². The molecule has 3 amide bonds. The molecule has 0 bridgehead atoms. The standard InChI is InChI=1S/C24H25N3O2/c1-16-10-11-18(23(28)25-20-12-13-20)14-22(16)26-24(29)27(2)15-19-8-5-7-17-6-3-4-9-21(17)19/h3-11,14,20H,12-13,15H2,1-2H3,(H,25,28)(H,26,29). The van der Waals surface area contributed by atoms with Gasteiger partial charge < -0.3 is 15.5 Å². The second-order valence-electron chi connectivity index (χ2n) is 7.70. The third-order valence-electron chi connectivity index (χ3n) is 5.29. The van der Waals surface area contributed by atoms with E-state index in [1.165, 1.54) is 0 Å². The summed E-state index contributed by atoms with van der Waals surface area (Å²) < 4.78 is 0. The minimum Gasteiger partial charge on any atom is -0.349 e. The highest BCUT2D eigenvalue weighted by Crippen LogP contribution is 2.23. The van der Waals surface area contributed by atoms with Gasteiger partial charge in [-0.3, -0.25) is 4.79 Å². The highest BCUT2D eigenvalue weighted by molar-refractivity contribution is 5.97. The highest BCUT2D eigenvalue weighted by Gasteiger charge is 2.24. The van der Waals surface area contributed by atoms with Gasteiger partial charge in [0.25, 0.3) is 5.91 Å². The molecule has 0 atom stereocenters. The first-order valence-electron chi connectivity index (χ1n) is 9.91. The van der Waals surface area contributed by atoms with Crippen LogP contribution in [0.1, 0.15) is 34.3 Å². The number of carbonyl (C=O) groups excluding carboxylic acids is 2. The van der Waals surface area contributed by atoms with Gasteiger partial charge in [0.15, 0.2) is 0 Å². The van der Waals surface area contributed by atoms with Crippen molar-refractivity contribution in [2.45, 2.75) is 32.4 Å². The molecule has 29 heavy (non-hydrogen) atoms. The molecule has 2 N–H and O–H groups in total. The Morgan fingerprint density at radius 2 is 1.79 bits per heavy atom. The summed E-state index contributed by atoms with van der Waals surface area (Å²) >= 11 is 0. The summed E-state index contributed by atoms with van der Waals surface area (Å²) in [5, 5.41) is 8.23. The van der Waals surface area contributed by atoms with Crippen molar-refractivity contribution < 1.29 is 9.59 Å². The lowest BCUT2D eigenvalue weighted by Crippen LogP contribution is -2.31. The van der Waals surface area contributed by atoms with Gasteiger partial charge in [-0.15, -0.1) is 0 Å². The monoisotopic (exact) mass is 387 g/mol. The molecule has 148 valence electrons. The molecule has 0 saturated heterocycles. The molecule has 5 nitrogen and oxygen atoms in total. The molecule has 4 rings (SSSR count). The number of hydrogen-bond acceptors (Lipinski definition) is 2. The van der Waals surface area contributed by atoms with Crippen molar-refractivity contribution in [3.05, 3.63) is 77.4 Å². The Hall–Kier alpha value is -3.34. The first-order valence-corrected chi connectivity index (χ1v) is 9.91. The molecule has 1 aliphatic carbocycles. The Bertz CT molecular complexity index is 1070. The van der Waals surface area contributed by atoms with Gasteiger partial charge in [-0.1, -0.05) is 48.5 Å². The number of nitrogens with one attached hydrogen (secondary N) is 2. The van der Waals surface area contributed by atoms with Crippen molar-refractivity contribution in [1.82, 2.24) is 10.2 Å².